The molecule has 0 aliphatic carbocycles. The predicted octanol–water partition coefficient (Wildman–Crippen LogP) is 3.07. The molecular weight excluding hydrogens is 350 g/mol. The molecule has 1 aliphatic rings. The summed E-state index contributed by atoms with van der Waals surface area (Å²) in [5.41, 5.74) is 10.0. The van der Waals surface area contributed by atoms with Crippen LogP contribution < -0.4 is 21.1 Å². The van der Waals surface area contributed by atoms with Crippen LogP contribution in [0.4, 0.5) is 5.69 Å². The van der Waals surface area contributed by atoms with Gasteiger partial charge in [0.05, 0.1) is 7.11 Å². The largest absolute Gasteiger partial charge is 0.497 e. The molecule has 2 aromatic rings. The average molecular weight is 380 g/mol. The van der Waals surface area contributed by atoms with Crippen molar-refractivity contribution < 1.29 is 4.74 Å². The highest BCUT2D eigenvalue weighted by molar-refractivity contribution is 5.94. The minimum absolute atomic E-state index is 0.643. The molecule has 0 aromatic heterocycles. The molecule has 6 heteroatoms. The number of ether oxygens (including phenoxy) is 1. The Bertz CT molecular complexity index is 873. The molecule has 3 rings (SSSR count). The second-order valence-corrected chi connectivity index (χ2v) is 7.31. The summed E-state index contributed by atoms with van der Waals surface area (Å²) in [6.45, 7) is 2.07. The lowest BCUT2D eigenvalue weighted by Crippen LogP contribution is -2.56. The van der Waals surface area contributed by atoms with Crippen LogP contribution >= 0.6 is 0 Å². The van der Waals surface area contributed by atoms with Gasteiger partial charge in [-0.15, -0.1) is 0 Å². The number of nitrogens with one attached hydrogen (secondary N) is 2. The van der Waals surface area contributed by atoms with Gasteiger partial charge in [-0.2, -0.15) is 0 Å². The predicted molar refractivity (Wildman–Crippen MR) is 115 cm³/mol. The van der Waals surface area contributed by atoms with Crippen LogP contribution in [0.15, 0.2) is 65.4 Å². The van der Waals surface area contributed by atoms with E-state index in [1.54, 1.807) is 7.11 Å². The van der Waals surface area contributed by atoms with E-state index >= 15 is 0 Å². The lowest BCUT2D eigenvalue weighted by molar-refractivity contribution is 0.346. The van der Waals surface area contributed by atoms with Gasteiger partial charge in [-0.1, -0.05) is 29.8 Å². The van der Waals surface area contributed by atoms with Gasteiger partial charge in [0.1, 0.15) is 17.4 Å². The summed E-state index contributed by atoms with van der Waals surface area (Å²) >= 11 is 0. The molecule has 0 spiro atoms. The third-order valence-electron chi connectivity index (χ3n) is 4.66. The maximum atomic E-state index is 6.64. The fourth-order valence-electron chi connectivity index (χ4n) is 3.03. The zero-order chi connectivity index (χ0) is 20.1. The smallest absolute Gasteiger partial charge is 0.185 e. The van der Waals surface area contributed by atoms with Crippen molar-refractivity contribution in [1.82, 2.24) is 10.2 Å². The van der Waals surface area contributed by atoms with Crippen LogP contribution in [-0.2, 0) is 6.42 Å². The number of nitrogens with two attached hydrogens (primary N) is 1. The van der Waals surface area contributed by atoms with E-state index in [1.165, 1.54) is 5.56 Å². The average Bonchev–Trinajstić information content (AvgIpc) is 2.68. The van der Waals surface area contributed by atoms with Gasteiger partial charge in [-0.05, 0) is 43.2 Å². The summed E-state index contributed by atoms with van der Waals surface area (Å²) in [4.78, 5) is 6.70. The van der Waals surface area contributed by atoms with Crippen LogP contribution in [0.3, 0.4) is 0 Å². The van der Waals surface area contributed by atoms with E-state index in [1.807, 2.05) is 55.4 Å². The van der Waals surface area contributed by atoms with E-state index in [9.17, 15) is 0 Å². The fraction of sp³-hybridized carbons (Fsp3) is 0.318. The molecule has 0 fully saturated rings. The number of nitrogens with zero attached hydrogens (tertiary/aromatic N) is 2. The summed E-state index contributed by atoms with van der Waals surface area (Å²) in [5, 5.41) is 6.77. The number of amidine groups is 1. The zero-order valence-corrected chi connectivity index (χ0v) is 17.0. The van der Waals surface area contributed by atoms with Crippen LogP contribution in [0.1, 0.15) is 17.5 Å². The Labute approximate surface area is 167 Å². The number of methoxy groups -OCH3 is 1. The van der Waals surface area contributed by atoms with Gasteiger partial charge in [0.15, 0.2) is 5.79 Å². The summed E-state index contributed by atoms with van der Waals surface area (Å²) < 4.78 is 5.31. The van der Waals surface area contributed by atoms with Crippen LogP contribution in [0.5, 0.6) is 5.75 Å². The van der Waals surface area contributed by atoms with Crippen molar-refractivity contribution in [1.29, 1.82) is 0 Å². The summed E-state index contributed by atoms with van der Waals surface area (Å²) in [5.74, 6) is 1.60. The molecule has 0 amide bonds. The van der Waals surface area contributed by atoms with Crippen LogP contribution in [0.2, 0.25) is 0 Å². The molecule has 0 radical (unpaired) electrons. The van der Waals surface area contributed by atoms with Crippen molar-refractivity contribution in [3.63, 3.8) is 0 Å². The highest BCUT2D eigenvalue weighted by Crippen LogP contribution is 2.21. The first-order valence-electron chi connectivity index (χ1n) is 9.39. The normalized spacial score (nSPS) is 18.6. The van der Waals surface area contributed by atoms with Crippen LogP contribution in [-0.4, -0.2) is 37.7 Å². The Kier molecular flexibility index (Phi) is 5.90. The summed E-state index contributed by atoms with van der Waals surface area (Å²) in [6.07, 6.45) is 3.39. The van der Waals surface area contributed by atoms with Crippen molar-refractivity contribution in [2.24, 2.45) is 10.7 Å². The van der Waals surface area contributed by atoms with E-state index in [0.717, 1.165) is 35.1 Å². The van der Waals surface area contributed by atoms with Crippen LogP contribution in [0, 0.1) is 6.92 Å². The van der Waals surface area contributed by atoms with Gasteiger partial charge in [0.25, 0.3) is 0 Å². The Balaban J connectivity index is 1.76. The van der Waals surface area contributed by atoms with Gasteiger partial charge < -0.3 is 20.3 Å². The second-order valence-electron chi connectivity index (χ2n) is 7.31. The first-order valence-corrected chi connectivity index (χ1v) is 9.39. The Morgan fingerprint density at radius 2 is 1.93 bits per heavy atom. The number of hydrogen-bond acceptors (Lipinski definition) is 6. The Morgan fingerprint density at radius 3 is 2.61 bits per heavy atom. The minimum Gasteiger partial charge on any atom is -0.497 e. The number of rotatable bonds is 6. The van der Waals surface area contributed by atoms with Crippen molar-refractivity contribution in [3.05, 3.63) is 71.6 Å². The molecule has 4 N–H and O–H groups in total. The molecule has 2 aromatic carbocycles. The van der Waals surface area contributed by atoms with E-state index in [0.29, 0.717) is 6.42 Å². The third-order valence-corrected chi connectivity index (χ3v) is 4.66. The van der Waals surface area contributed by atoms with E-state index < -0.39 is 5.79 Å². The van der Waals surface area contributed by atoms with Gasteiger partial charge in [0.2, 0.25) is 0 Å². The third kappa shape index (κ3) is 5.04. The Morgan fingerprint density at radius 1 is 1.18 bits per heavy atom. The van der Waals surface area contributed by atoms with Crippen molar-refractivity contribution >= 4 is 11.5 Å². The monoisotopic (exact) mass is 379 g/mol. The molecule has 1 unspecified atom stereocenters. The highest BCUT2D eigenvalue weighted by Gasteiger charge is 2.29. The van der Waals surface area contributed by atoms with E-state index in [2.05, 4.69) is 35.8 Å². The number of aliphatic imine (C=N–C) groups is 1. The van der Waals surface area contributed by atoms with Gasteiger partial charge in [0, 0.05) is 32.3 Å². The van der Waals surface area contributed by atoms with Crippen LogP contribution in [0.25, 0.3) is 0 Å². The van der Waals surface area contributed by atoms with E-state index in [-0.39, 0.29) is 0 Å². The molecule has 1 atom stereocenters. The molecule has 148 valence electrons. The Hall–Kier alpha value is -2.99. The lowest BCUT2D eigenvalue weighted by atomic mass is 10.0. The number of likely N-dealkylation sites (N-methyl/N-ethyl adjacent to an activating group) is 1. The molecule has 1 aliphatic heterocycles. The molecule has 28 heavy (non-hydrogen) atoms. The maximum Gasteiger partial charge on any atom is 0.185 e. The van der Waals surface area contributed by atoms with Gasteiger partial charge in [-0.3, -0.25) is 5.73 Å². The molecule has 1 heterocycles. The first-order chi connectivity index (χ1) is 13.4. The number of benzene rings is 2. The van der Waals surface area contributed by atoms with Gasteiger partial charge in [-0.25, -0.2) is 4.99 Å². The molecule has 0 saturated carbocycles. The zero-order valence-electron chi connectivity index (χ0n) is 17.0. The fourth-order valence-corrected chi connectivity index (χ4v) is 3.03. The number of hydrogen-bond donors (Lipinski definition) is 3. The molecule has 6 nitrogen and oxygen atoms in total. The molecule has 0 bridgehead atoms. The second kappa shape index (κ2) is 8.35. The SMILES string of the molecule is COc1cccc(CCC2(N)N=C(N(C)C)C=C(Nc3ccc(C)cc3)N2)c1. The molecule has 0 saturated heterocycles. The standard InChI is InChI=1S/C22H29N5O/c1-16-8-10-18(11-9-16)24-20-15-21(27(2)3)26-22(23,25-20)13-12-17-6-5-7-19(14-17)28-4/h5-11,14-15,24-25H,12-13,23H2,1-4H3. The van der Waals surface area contributed by atoms with Gasteiger partial charge >= 0.3 is 0 Å². The van der Waals surface area contributed by atoms with Crippen molar-refractivity contribution in [2.45, 2.75) is 25.6 Å². The number of anilines is 1. The molecular formula is C22H29N5O. The first kappa shape index (κ1) is 19.8. The maximum absolute atomic E-state index is 6.64. The van der Waals surface area contributed by atoms with Crippen molar-refractivity contribution in [2.75, 3.05) is 26.5 Å². The highest BCUT2D eigenvalue weighted by atomic mass is 16.5. The van der Waals surface area contributed by atoms with Crippen molar-refractivity contribution in [3.8, 4) is 5.75 Å². The quantitative estimate of drug-likeness (QED) is 0.719. The van der Waals surface area contributed by atoms with E-state index in [4.69, 9.17) is 15.5 Å². The minimum atomic E-state index is -0.898. The topological polar surface area (TPSA) is 74.9 Å². The lowest BCUT2D eigenvalue weighted by Gasteiger charge is -2.34. The summed E-state index contributed by atoms with van der Waals surface area (Å²) in [7, 11) is 5.60. The number of aryl methyl sites for hydroxylation is 2. The summed E-state index contributed by atoms with van der Waals surface area (Å²) in [6, 6.07) is 16.3.